The third-order valence-electron chi connectivity index (χ3n) is 12.2. The van der Waals surface area contributed by atoms with E-state index in [-0.39, 0.29) is 17.6 Å². The van der Waals surface area contributed by atoms with Crippen LogP contribution >= 0.6 is 0 Å². The lowest BCUT2D eigenvalue weighted by atomic mass is 9.47. The van der Waals surface area contributed by atoms with Gasteiger partial charge in [0.25, 0.3) is 0 Å². The number of rotatable bonds is 4. The summed E-state index contributed by atoms with van der Waals surface area (Å²) in [5.74, 6) is 3.04. The topological polar surface area (TPSA) is 49.8 Å². The molecule has 0 bridgehead atoms. The van der Waals surface area contributed by atoms with Crippen molar-refractivity contribution in [2.24, 2.45) is 40.4 Å². The molecule has 0 amide bonds. The lowest BCUT2D eigenvalue weighted by Crippen LogP contribution is -2.57. The summed E-state index contributed by atoms with van der Waals surface area (Å²) in [7, 11) is 4.26. The molecule has 0 radical (unpaired) electrons. The molecule has 4 nitrogen and oxygen atoms in total. The number of hydrogen-bond acceptors (Lipinski definition) is 4. The van der Waals surface area contributed by atoms with E-state index in [1.165, 1.54) is 48.3 Å². The molecule has 0 spiro atoms. The molecule has 10 atom stereocenters. The van der Waals surface area contributed by atoms with Crippen LogP contribution in [-0.2, 0) is 0 Å². The summed E-state index contributed by atoms with van der Waals surface area (Å²) in [6.45, 7) is 12.6. The maximum Gasteiger partial charge on any atom is 0.0731 e. The summed E-state index contributed by atoms with van der Waals surface area (Å²) in [6.07, 6.45) is 13.0. The first-order valence-corrected chi connectivity index (χ1v) is 14.6. The smallest absolute Gasteiger partial charge is 0.0731 e. The molecule has 0 aromatic heterocycles. The van der Waals surface area contributed by atoms with Crippen LogP contribution in [0.15, 0.2) is 22.8 Å². The first kappa shape index (κ1) is 25.9. The standard InChI is InChI=1S/C31H51N2O2/c1-19(2)21-14-17-33(35)28(21)18-20(3)23-10-11-24-22-8-9-26-29(34)27(32(6)7)13-16-31(26,5)25(22)12-15-30(23,24)4/h8,20,23-29,34H,9-18H2,1-7H3/q-1/t20-,23-,24+,25+,26+,27+,28?,29-,30-,31-/m1/s1. The van der Waals surface area contributed by atoms with Crippen LogP contribution in [0.5, 0.6) is 0 Å². The molecule has 4 aliphatic carbocycles. The molecule has 1 heterocycles. The molecule has 0 aromatic carbocycles. The predicted octanol–water partition coefficient (Wildman–Crippen LogP) is 6.40. The van der Waals surface area contributed by atoms with E-state index in [4.69, 9.17) is 0 Å². The summed E-state index contributed by atoms with van der Waals surface area (Å²) >= 11 is 0. The highest BCUT2D eigenvalue weighted by Gasteiger charge is 2.59. The summed E-state index contributed by atoms with van der Waals surface area (Å²) in [4.78, 5) is 2.25. The Morgan fingerprint density at radius 1 is 1.11 bits per heavy atom. The first-order chi connectivity index (χ1) is 16.5. The summed E-state index contributed by atoms with van der Waals surface area (Å²) in [5, 5.41) is 25.4. The minimum atomic E-state index is -0.211. The number of aliphatic hydroxyl groups is 1. The van der Waals surface area contributed by atoms with Gasteiger partial charge in [-0.2, -0.15) is 0 Å². The van der Waals surface area contributed by atoms with Crippen LogP contribution in [0.4, 0.5) is 0 Å². The lowest BCUT2D eigenvalue weighted by Gasteiger charge is -2.59. The summed E-state index contributed by atoms with van der Waals surface area (Å²) < 4.78 is 0. The van der Waals surface area contributed by atoms with E-state index in [9.17, 15) is 10.3 Å². The number of hydroxylamine groups is 2. The number of aliphatic hydroxyl groups excluding tert-OH is 1. The zero-order valence-electron chi connectivity index (χ0n) is 23.5. The van der Waals surface area contributed by atoms with Crippen molar-refractivity contribution in [2.45, 2.75) is 111 Å². The van der Waals surface area contributed by atoms with E-state index in [0.29, 0.717) is 47.6 Å². The number of fused-ring (bicyclic) bond motifs is 5. The normalized spacial score (nSPS) is 46.7. The fraction of sp³-hybridized carbons (Fsp3) is 0.871. The summed E-state index contributed by atoms with van der Waals surface area (Å²) in [5.41, 5.74) is 5.14. The van der Waals surface area contributed by atoms with Gasteiger partial charge in [-0.05, 0) is 133 Å². The number of likely N-dealkylation sites (N-methyl/N-ethyl adjacent to an activating group) is 1. The first-order valence-electron chi connectivity index (χ1n) is 14.6. The number of hydrogen-bond donors (Lipinski definition) is 1. The third-order valence-corrected chi connectivity index (χ3v) is 12.2. The minimum absolute atomic E-state index is 0.107. The molecule has 35 heavy (non-hydrogen) atoms. The Bertz CT molecular complexity index is 875. The number of nitrogens with zero attached hydrogens (tertiary/aromatic N) is 2. The third kappa shape index (κ3) is 4.01. The van der Waals surface area contributed by atoms with Gasteiger partial charge in [-0.15, -0.1) is 0 Å². The molecule has 5 rings (SSSR count). The van der Waals surface area contributed by atoms with Crippen molar-refractivity contribution in [3.05, 3.63) is 28.0 Å². The van der Waals surface area contributed by atoms with Crippen molar-refractivity contribution in [2.75, 3.05) is 20.6 Å². The minimum Gasteiger partial charge on any atom is -0.785 e. The Labute approximate surface area is 214 Å². The fourth-order valence-electron chi connectivity index (χ4n) is 10.2. The van der Waals surface area contributed by atoms with Gasteiger partial charge in [-0.25, -0.2) is 0 Å². The molecule has 0 aromatic rings. The lowest BCUT2D eigenvalue weighted by molar-refractivity contribution is -0.101. The van der Waals surface area contributed by atoms with E-state index >= 15 is 0 Å². The predicted molar refractivity (Wildman–Crippen MR) is 145 cm³/mol. The number of allylic oxidation sites excluding steroid dienone is 3. The average Bonchev–Trinajstić information content (AvgIpc) is 3.33. The van der Waals surface area contributed by atoms with E-state index < -0.39 is 0 Å². The van der Waals surface area contributed by atoms with Gasteiger partial charge in [0.15, 0.2) is 0 Å². The van der Waals surface area contributed by atoms with Crippen LogP contribution < -0.4 is 0 Å². The van der Waals surface area contributed by atoms with Gasteiger partial charge in [-0.3, -0.25) is 0 Å². The maximum absolute atomic E-state index is 12.7. The van der Waals surface area contributed by atoms with Crippen molar-refractivity contribution in [3.63, 3.8) is 0 Å². The molecule has 4 heteroatoms. The molecule has 5 aliphatic rings. The second-order valence-corrected chi connectivity index (χ2v) is 14.1. The van der Waals surface area contributed by atoms with Gasteiger partial charge in [-0.1, -0.05) is 43.6 Å². The van der Waals surface area contributed by atoms with Crippen molar-refractivity contribution >= 4 is 0 Å². The van der Waals surface area contributed by atoms with Gasteiger partial charge >= 0.3 is 0 Å². The second-order valence-electron chi connectivity index (χ2n) is 14.1. The van der Waals surface area contributed by atoms with Crippen LogP contribution in [0.25, 0.3) is 0 Å². The molecule has 1 aliphatic heterocycles. The molecular formula is C31H51N2O2-. The Morgan fingerprint density at radius 2 is 1.80 bits per heavy atom. The Hall–Kier alpha value is -0.680. The highest BCUT2D eigenvalue weighted by molar-refractivity contribution is 5.29. The van der Waals surface area contributed by atoms with Crippen molar-refractivity contribution in [3.8, 4) is 0 Å². The highest BCUT2D eigenvalue weighted by Crippen LogP contribution is 2.67. The van der Waals surface area contributed by atoms with Crippen LogP contribution in [0.3, 0.4) is 0 Å². The maximum atomic E-state index is 12.7. The van der Waals surface area contributed by atoms with Gasteiger partial charge in [0.05, 0.1) is 6.10 Å². The molecule has 1 unspecified atom stereocenters. The molecule has 3 saturated carbocycles. The second kappa shape index (κ2) is 9.26. The van der Waals surface area contributed by atoms with Gasteiger partial charge in [0, 0.05) is 12.1 Å². The van der Waals surface area contributed by atoms with E-state index in [0.717, 1.165) is 25.7 Å². The Morgan fingerprint density at radius 3 is 2.49 bits per heavy atom. The van der Waals surface area contributed by atoms with Crippen LogP contribution in [0.1, 0.15) is 92.4 Å². The van der Waals surface area contributed by atoms with Gasteiger partial charge in [0.1, 0.15) is 0 Å². The molecule has 198 valence electrons. The Balaban J connectivity index is 1.36. The van der Waals surface area contributed by atoms with E-state index in [1.54, 1.807) is 5.57 Å². The molecule has 4 fully saturated rings. The van der Waals surface area contributed by atoms with Crippen LogP contribution in [0.2, 0.25) is 0 Å². The van der Waals surface area contributed by atoms with Gasteiger partial charge in [0.2, 0.25) is 0 Å². The van der Waals surface area contributed by atoms with Crippen LogP contribution in [-0.4, -0.2) is 53.9 Å². The Kier molecular flexibility index (Phi) is 6.86. The van der Waals surface area contributed by atoms with Gasteiger partial charge < -0.3 is 20.3 Å². The van der Waals surface area contributed by atoms with Crippen LogP contribution in [0, 0.1) is 45.6 Å². The molecule has 1 N–H and O–H groups in total. The van der Waals surface area contributed by atoms with Crippen molar-refractivity contribution < 1.29 is 5.11 Å². The SMILES string of the molecule is CC(C)=C1CCN([O-])C1C[C@@H](C)[C@H]1CC[C@H]2C3=CC[C@H]4[C@@H](O)[C@@H](N(C)C)CC[C@]4(C)[C@H]3CC[C@]12C. The highest BCUT2D eigenvalue weighted by atomic mass is 16.5. The quantitative estimate of drug-likeness (QED) is 0.470. The fourth-order valence-corrected chi connectivity index (χ4v) is 10.2. The monoisotopic (exact) mass is 483 g/mol. The zero-order chi connectivity index (χ0) is 25.3. The van der Waals surface area contributed by atoms with E-state index in [2.05, 4.69) is 59.7 Å². The van der Waals surface area contributed by atoms with Crippen molar-refractivity contribution in [1.29, 1.82) is 0 Å². The zero-order valence-corrected chi connectivity index (χ0v) is 23.5. The average molecular weight is 484 g/mol. The molecular weight excluding hydrogens is 432 g/mol. The largest absolute Gasteiger partial charge is 0.785 e. The van der Waals surface area contributed by atoms with Crippen molar-refractivity contribution in [1.82, 2.24) is 9.96 Å². The van der Waals surface area contributed by atoms with E-state index in [1.807, 2.05) is 0 Å². The molecule has 1 saturated heterocycles. The summed E-state index contributed by atoms with van der Waals surface area (Å²) in [6, 6.07) is 0.409.